The van der Waals surface area contributed by atoms with E-state index >= 15 is 0 Å². The van der Waals surface area contributed by atoms with Crippen molar-refractivity contribution < 1.29 is 4.90 Å². The molecule has 0 bridgehead atoms. The Labute approximate surface area is 122 Å². The maximum Gasteiger partial charge on any atom is 0.137 e. The third-order valence-electron chi connectivity index (χ3n) is 3.72. The fraction of sp³-hybridized carbons (Fsp3) is 0.263. The van der Waals surface area contributed by atoms with E-state index in [0.29, 0.717) is 0 Å². The van der Waals surface area contributed by atoms with Crippen LogP contribution < -0.4 is 4.90 Å². The quantitative estimate of drug-likeness (QED) is 0.864. The summed E-state index contributed by atoms with van der Waals surface area (Å²) in [6, 6.07) is 15.2. The summed E-state index contributed by atoms with van der Waals surface area (Å²) in [5.74, 6) is 0. The van der Waals surface area contributed by atoms with Gasteiger partial charge in [0.1, 0.15) is 12.2 Å². The molecule has 0 aromatic heterocycles. The molecule has 1 atom stereocenters. The van der Waals surface area contributed by atoms with Crippen molar-refractivity contribution in [1.82, 2.24) is 0 Å². The summed E-state index contributed by atoms with van der Waals surface area (Å²) in [5.41, 5.74) is 6.73. The van der Waals surface area contributed by atoms with Gasteiger partial charge in [-0.1, -0.05) is 54.1 Å². The maximum absolute atomic E-state index is 2.26. The minimum Gasteiger partial charge on any atom is -0.301 e. The highest BCUT2D eigenvalue weighted by Crippen LogP contribution is 2.14. The second kappa shape index (κ2) is 6.53. The molecule has 104 valence electrons. The number of benzene rings is 2. The van der Waals surface area contributed by atoms with Crippen LogP contribution in [-0.2, 0) is 0 Å². The summed E-state index contributed by atoms with van der Waals surface area (Å²) in [4.78, 5) is 1.43. The largest absolute Gasteiger partial charge is 0.301 e. The van der Waals surface area contributed by atoms with Crippen molar-refractivity contribution in [1.29, 1.82) is 0 Å². The minimum atomic E-state index is 1.000. The molecule has 0 saturated heterocycles. The summed E-state index contributed by atoms with van der Waals surface area (Å²) < 4.78 is 0. The molecule has 0 radical (unpaired) electrons. The number of nitrogens with one attached hydrogen (secondary N) is 1. The first-order valence-electron chi connectivity index (χ1n) is 7.20. The highest BCUT2D eigenvalue weighted by atomic mass is 15.1. The maximum atomic E-state index is 2.26. The van der Waals surface area contributed by atoms with Gasteiger partial charge < -0.3 is 4.90 Å². The molecular formula is C19H24N+. The van der Waals surface area contributed by atoms with Crippen LogP contribution in [0.25, 0.3) is 6.08 Å². The van der Waals surface area contributed by atoms with Gasteiger partial charge in [0, 0.05) is 11.1 Å². The Morgan fingerprint density at radius 3 is 2.10 bits per heavy atom. The molecule has 0 fully saturated rings. The molecule has 0 aliphatic carbocycles. The van der Waals surface area contributed by atoms with Gasteiger partial charge in [-0.25, -0.2) is 0 Å². The first-order valence-corrected chi connectivity index (χ1v) is 7.20. The summed E-state index contributed by atoms with van der Waals surface area (Å²) in [6.07, 6.45) is 4.46. The van der Waals surface area contributed by atoms with E-state index < -0.39 is 0 Å². The molecule has 1 heteroatoms. The summed E-state index contributed by atoms with van der Waals surface area (Å²) >= 11 is 0. The fourth-order valence-corrected chi connectivity index (χ4v) is 2.64. The van der Waals surface area contributed by atoms with Crippen LogP contribution in [0.2, 0.25) is 0 Å². The monoisotopic (exact) mass is 266 g/mol. The SMILES string of the molecule is Cc1ccc(/C=C/C[NH+](C)c2c(C)cccc2C)cc1. The van der Waals surface area contributed by atoms with Gasteiger partial charge in [0.15, 0.2) is 0 Å². The topological polar surface area (TPSA) is 4.44 Å². The molecule has 0 heterocycles. The standard InChI is InChI=1S/C19H23N/c1-15-10-12-18(13-11-15)9-6-14-20(4)19-16(2)7-5-8-17(19)3/h5-13H,14H2,1-4H3/p+1/b9-6+. The van der Waals surface area contributed by atoms with Crippen LogP contribution in [-0.4, -0.2) is 13.6 Å². The van der Waals surface area contributed by atoms with Gasteiger partial charge in [-0.3, -0.25) is 0 Å². The van der Waals surface area contributed by atoms with E-state index in [1.165, 1.54) is 32.8 Å². The van der Waals surface area contributed by atoms with E-state index in [4.69, 9.17) is 0 Å². The zero-order chi connectivity index (χ0) is 14.5. The van der Waals surface area contributed by atoms with Gasteiger partial charge in [0.2, 0.25) is 0 Å². The van der Waals surface area contributed by atoms with E-state index in [-0.39, 0.29) is 0 Å². The van der Waals surface area contributed by atoms with Crippen LogP contribution in [0.5, 0.6) is 0 Å². The molecule has 0 amide bonds. The summed E-state index contributed by atoms with van der Waals surface area (Å²) in [5, 5.41) is 0. The lowest BCUT2D eigenvalue weighted by molar-refractivity contribution is -0.803. The Balaban J connectivity index is 2.05. The van der Waals surface area contributed by atoms with Gasteiger partial charge in [0.05, 0.1) is 7.05 Å². The van der Waals surface area contributed by atoms with Crippen LogP contribution in [0.15, 0.2) is 48.5 Å². The summed E-state index contributed by atoms with van der Waals surface area (Å²) in [6.45, 7) is 7.50. The van der Waals surface area contributed by atoms with E-state index in [9.17, 15) is 0 Å². The smallest absolute Gasteiger partial charge is 0.137 e. The highest BCUT2D eigenvalue weighted by Gasteiger charge is 2.10. The second-order valence-corrected chi connectivity index (χ2v) is 5.56. The average Bonchev–Trinajstić information content (AvgIpc) is 2.41. The van der Waals surface area contributed by atoms with Crippen molar-refractivity contribution >= 4 is 11.8 Å². The zero-order valence-corrected chi connectivity index (χ0v) is 12.9. The van der Waals surface area contributed by atoms with Crippen LogP contribution in [0.4, 0.5) is 5.69 Å². The van der Waals surface area contributed by atoms with E-state index in [2.05, 4.69) is 82.4 Å². The van der Waals surface area contributed by atoms with Crippen LogP contribution >= 0.6 is 0 Å². The third-order valence-corrected chi connectivity index (χ3v) is 3.72. The van der Waals surface area contributed by atoms with Crippen LogP contribution in [0.1, 0.15) is 22.3 Å². The number of likely N-dealkylation sites (N-methyl/N-ethyl adjacent to an activating group) is 1. The highest BCUT2D eigenvalue weighted by molar-refractivity contribution is 5.50. The van der Waals surface area contributed by atoms with E-state index in [0.717, 1.165) is 6.54 Å². The number of hydrogen-bond donors (Lipinski definition) is 1. The number of aryl methyl sites for hydroxylation is 3. The van der Waals surface area contributed by atoms with Crippen LogP contribution in [0.3, 0.4) is 0 Å². The van der Waals surface area contributed by atoms with Gasteiger partial charge in [-0.2, -0.15) is 0 Å². The molecule has 0 saturated carbocycles. The van der Waals surface area contributed by atoms with Gasteiger partial charge >= 0.3 is 0 Å². The predicted molar refractivity (Wildman–Crippen MR) is 87.5 cm³/mol. The lowest BCUT2D eigenvalue weighted by Crippen LogP contribution is -3.04. The molecule has 1 unspecified atom stereocenters. The first-order chi connectivity index (χ1) is 9.58. The van der Waals surface area contributed by atoms with Gasteiger partial charge in [-0.15, -0.1) is 0 Å². The Morgan fingerprint density at radius 1 is 0.900 bits per heavy atom. The normalized spacial score (nSPS) is 12.8. The molecule has 2 aromatic rings. The molecule has 0 spiro atoms. The number of quaternary nitrogens is 1. The summed E-state index contributed by atoms with van der Waals surface area (Å²) in [7, 11) is 2.23. The van der Waals surface area contributed by atoms with Crippen molar-refractivity contribution in [3.8, 4) is 0 Å². The second-order valence-electron chi connectivity index (χ2n) is 5.56. The van der Waals surface area contributed by atoms with Crippen molar-refractivity contribution in [2.45, 2.75) is 20.8 Å². The lowest BCUT2D eigenvalue weighted by Gasteiger charge is -2.16. The Hall–Kier alpha value is -1.86. The zero-order valence-electron chi connectivity index (χ0n) is 12.9. The Morgan fingerprint density at radius 2 is 1.50 bits per heavy atom. The molecule has 1 nitrogen and oxygen atoms in total. The average molecular weight is 266 g/mol. The molecule has 0 aliphatic heterocycles. The van der Waals surface area contributed by atoms with Gasteiger partial charge in [0.25, 0.3) is 0 Å². The number of hydrogen-bond acceptors (Lipinski definition) is 0. The molecule has 20 heavy (non-hydrogen) atoms. The van der Waals surface area contributed by atoms with Crippen molar-refractivity contribution in [2.24, 2.45) is 0 Å². The van der Waals surface area contributed by atoms with E-state index in [1.807, 2.05) is 0 Å². The number of rotatable bonds is 4. The molecule has 2 rings (SSSR count). The Kier molecular flexibility index (Phi) is 4.75. The Bertz CT molecular complexity index is 573. The van der Waals surface area contributed by atoms with Gasteiger partial charge in [-0.05, 0) is 32.4 Å². The van der Waals surface area contributed by atoms with E-state index in [1.54, 1.807) is 0 Å². The third kappa shape index (κ3) is 3.58. The molecule has 1 N–H and O–H groups in total. The minimum absolute atomic E-state index is 1.000. The van der Waals surface area contributed by atoms with Crippen LogP contribution in [0, 0.1) is 20.8 Å². The van der Waals surface area contributed by atoms with Crippen molar-refractivity contribution in [2.75, 3.05) is 13.6 Å². The molecule has 0 aliphatic rings. The predicted octanol–water partition coefficient (Wildman–Crippen LogP) is 3.47. The molecular weight excluding hydrogens is 242 g/mol. The fourth-order valence-electron chi connectivity index (χ4n) is 2.64. The van der Waals surface area contributed by atoms with Crippen molar-refractivity contribution in [3.63, 3.8) is 0 Å². The van der Waals surface area contributed by atoms with Crippen molar-refractivity contribution in [3.05, 3.63) is 70.8 Å². The lowest BCUT2D eigenvalue weighted by atomic mass is 10.1. The molecule has 2 aromatic carbocycles. The number of para-hydroxylation sites is 1. The first kappa shape index (κ1) is 14.5.